The van der Waals surface area contributed by atoms with E-state index in [4.69, 9.17) is 16.3 Å². The van der Waals surface area contributed by atoms with Crippen molar-refractivity contribution >= 4 is 45.0 Å². The summed E-state index contributed by atoms with van der Waals surface area (Å²) in [5.74, 6) is -0.615. The van der Waals surface area contributed by atoms with Gasteiger partial charge in [0.1, 0.15) is 4.90 Å². The van der Waals surface area contributed by atoms with E-state index in [2.05, 4.69) is 10.3 Å². The fourth-order valence-corrected chi connectivity index (χ4v) is 5.23. The maximum atomic E-state index is 12.8. The maximum absolute atomic E-state index is 12.8. The Morgan fingerprint density at radius 2 is 1.94 bits per heavy atom. The van der Waals surface area contributed by atoms with Crippen LogP contribution in [0.3, 0.4) is 0 Å². The quantitative estimate of drug-likeness (QED) is 0.617. The van der Waals surface area contributed by atoms with E-state index in [-0.39, 0.29) is 52.7 Å². The summed E-state index contributed by atoms with van der Waals surface area (Å²) in [5, 5.41) is 2.82. The molecule has 1 amide bonds. The molecule has 7 nitrogen and oxygen atoms in total. The lowest BCUT2D eigenvalue weighted by molar-refractivity contribution is -0.137. The van der Waals surface area contributed by atoms with Crippen LogP contribution in [0.1, 0.15) is 5.56 Å². The van der Waals surface area contributed by atoms with Crippen molar-refractivity contribution in [2.45, 2.75) is 16.1 Å². The summed E-state index contributed by atoms with van der Waals surface area (Å²) in [6.07, 6.45) is -3.79. The Bertz CT molecular complexity index is 1040. The molecule has 0 radical (unpaired) electrons. The largest absolute Gasteiger partial charge is 0.417 e. The molecule has 31 heavy (non-hydrogen) atoms. The van der Waals surface area contributed by atoms with Gasteiger partial charge in [0.15, 0.2) is 0 Å². The lowest BCUT2D eigenvalue weighted by Gasteiger charge is -2.26. The molecule has 168 valence electrons. The maximum Gasteiger partial charge on any atom is 0.417 e. The number of aromatic nitrogens is 1. The molecule has 0 atom stereocenters. The number of thioether (sulfide) groups is 1. The molecule has 13 heteroatoms. The van der Waals surface area contributed by atoms with Crippen LogP contribution in [0.25, 0.3) is 0 Å². The Morgan fingerprint density at radius 1 is 1.23 bits per heavy atom. The van der Waals surface area contributed by atoms with E-state index in [1.807, 2.05) is 0 Å². The number of carbonyl (C=O) groups is 1. The van der Waals surface area contributed by atoms with Gasteiger partial charge in [-0.3, -0.25) is 4.79 Å². The number of sulfonamides is 1. The fourth-order valence-electron chi connectivity index (χ4n) is 2.67. The van der Waals surface area contributed by atoms with E-state index in [1.54, 1.807) is 0 Å². The minimum Gasteiger partial charge on any atom is -0.379 e. The number of hydrogen-bond acceptors (Lipinski definition) is 6. The highest BCUT2D eigenvalue weighted by atomic mass is 35.5. The highest BCUT2D eigenvalue weighted by Crippen LogP contribution is 2.30. The van der Waals surface area contributed by atoms with Gasteiger partial charge in [-0.2, -0.15) is 17.5 Å². The van der Waals surface area contributed by atoms with E-state index in [0.29, 0.717) is 6.20 Å². The molecule has 1 N–H and O–H groups in total. The fraction of sp³-hybridized carbons (Fsp3) is 0.333. The summed E-state index contributed by atoms with van der Waals surface area (Å²) >= 11 is 7.03. The molecule has 1 aromatic heterocycles. The van der Waals surface area contributed by atoms with Crippen LogP contribution in [0, 0.1) is 0 Å². The summed E-state index contributed by atoms with van der Waals surface area (Å²) < 4.78 is 69.8. The minimum atomic E-state index is -4.48. The molecular weight excluding hydrogens is 479 g/mol. The van der Waals surface area contributed by atoms with Crippen LogP contribution in [-0.4, -0.2) is 55.7 Å². The molecule has 0 saturated carbocycles. The number of hydrogen-bond donors (Lipinski definition) is 1. The number of benzene rings is 1. The van der Waals surface area contributed by atoms with E-state index < -0.39 is 27.7 Å². The number of nitrogens with one attached hydrogen (secondary N) is 1. The van der Waals surface area contributed by atoms with Crippen LogP contribution in [-0.2, 0) is 25.7 Å². The first kappa shape index (κ1) is 23.8. The zero-order valence-electron chi connectivity index (χ0n) is 15.9. The van der Waals surface area contributed by atoms with Crippen LogP contribution in [0.5, 0.6) is 0 Å². The number of amides is 1. The minimum absolute atomic E-state index is 0.0211. The van der Waals surface area contributed by atoms with Gasteiger partial charge in [-0.05, 0) is 30.3 Å². The number of anilines is 1. The average molecular weight is 496 g/mol. The smallest absolute Gasteiger partial charge is 0.379 e. The molecule has 2 aromatic rings. The van der Waals surface area contributed by atoms with E-state index in [1.165, 1.54) is 28.6 Å². The number of halogens is 4. The number of ether oxygens (including phenoxy) is 1. The SMILES string of the molecule is O=C(CSc1ccc(C(F)(F)F)cn1)Nc1ccc(Cl)c(S(=O)(=O)N2CCOCC2)c1. The number of nitrogens with zero attached hydrogens (tertiary/aromatic N) is 2. The van der Waals surface area contributed by atoms with Gasteiger partial charge in [0.05, 0.1) is 34.6 Å². The van der Waals surface area contributed by atoms with Gasteiger partial charge >= 0.3 is 6.18 Å². The van der Waals surface area contributed by atoms with Gasteiger partial charge in [-0.15, -0.1) is 0 Å². The van der Waals surface area contributed by atoms with Crippen LogP contribution >= 0.6 is 23.4 Å². The second-order valence-corrected chi connectivity index (χ2v) is 9.69. The van der Waals surface area contributed by atoms with Crippen molar-refractivity contribution in [1.82, 2.24) is 9.29 Å². The van der Waals surface area contributed by atoms with Crippen molar-refractivity contribution in [2.75, 3.05) is 37.4 Å². The second-order valence-electron chi connectivity index (χ2n) is 6.38. The summed E-state index contributed by atoms with van der Waals surface area (Å²) in [6.45, 7) is 0.961. The highest BCUT2D eigenvalue weighted by Gasteiger charge is 2.31. The van der Waals surface area contributed by atoms with Crippen LogP contribution in [0.2, 0.25) is 5.02 Å². The molecule has 1 saturated heterocycles. The second kappa shape index (κ2) is 9.74. The van der Waals surface area contributed by atoms with Crippen LogP contribution < -0.4 is 5.32 Å². The van der Waals surface area contributed by atoms with E-state index in [9.17, 15) is 26.4 Å². The zero-order valence-corrected chi connectivity index (χ0v) is 18.2. The van der Waals surface area contributed by atoms with E-state index in [0.717, 1.165) is 17.8 Å². The van der Waals surface area contributed by atoms with Gasteiger partial charge in [0.25, 0.3) is 0 Å². The first-order valence-corrected chi connectivity index (χ1v) is 11.7. The molecule has 1 aliphatic heterocycles. The molecular formula is C18H17ClF3N3O4S2. The standard InChI is InChI=1S/C18H17ClF3N3O4S2/c19-14-3-2-13(9-15(14)31(27,28)25-5-7-29-8-6-25)24-16(26)11-30-17-4-1-12(10-23-17)18(20,21)22/h1-4,9-10H,5-8,11H2,(H,24,26). The number of carbonyl (C=O) groups excluding carboxylic acids is 1. The van der Waals surface area contributed by atoms with Gasteiger partial charge in [-0.1, -0.05) is 23.4 Å². The molecule has 1 fully saturated rings. The van der Waals surface area contributed by atoms with Crippen LogP contribution in [0.15, 0.2) is 46.5 Å². The van der Waals surface area contributed by atoms with E-state index >= 15 is 0 Å². The summed E-state index contributed by atoms with van der Waals surface area (Å²) in [4.78, 5) is 15.8. The molecule has 0 unspecified atom stereocenters. The Balaban J connectivity index is 1.64. The van der Waals surface area contributed by atoms with Gasteiger partial charge in [0.2, 0.25) is 15.9 Å². The number of pyridine rings is 1. The summed E-state index contributed by atoms with van der Waals surface area (Å²) in [5.41, 5.74) is -0.654. The van der Waals surface area contributed by atoms with Gasteiger partial charge in [-0.25, -0.2) is 13.4 Å². The first-order valence-electron chi connectivity index (χ1n) is 8.91. The van der Waals surface area contributed by atoms with Crippen molar-refractivity contribution in [1.29, 1.82) is 0 Å². The average Bonchev–Trinajstić information content (AvgIpc) is 2.74. The Morgan fingerprint density at radius 3 is 2.55 bits per heavy atom. The normalized spacial score (nSPS) is 15.6. The van der Waals surface area contributed by atoms with Crippen molar-refractivity contribution in [3.8, 4) is 0 Å². The third-order valence-electron chi connectivity index (χ3n) is 4.22. The Labute approximate surface area is 186 Å². The first-order chi connectivity index (χ1) is 14.6. The van der Waals surface area contributed by atoms with Crippen molar-refractivity contribution in [3.05, 3.63) is 47.1 Å². The monoisotopic (exact) mass is 495 g/mol. The predicted octanol–water partition coefficient (Wildman–Crippen LogP) is 3.51. The molecule has 1 aliphatic rings. The molecule has 0 bridgehead atoms. The van der Waals surface area contributed by atoms with Crippen molar-refractivity contribution in [3.63, 3.8) is 0 Å². The number of rotatable bonds is 6. The molecule has 3 rings (SSSR count). The van der Waals surface area contributed by atoms with Gasteiger partial charge in [0, 0.05) is 25.0 Å². The summed E-state index contributed by atoms with van der Waals surface area (Å²) in [6, 6.07) is 6.16. The molecule has 0 spiro atoms. The molecule has 1 aromatic carbocycles. The zero-order chi connectivity index (χ0) is 22.6. The van der Waals surface area contributed by atoms with Gasteiger partial charge < -0.3 is 10.1 Å². The predicted molar refractivity (Wildman–Crippen MR) is 110 cm³/mol. The molecule has 0 aliphatic carbocycles. The number of morpholine rings is 1. The lowest BCUT2D eigenvalue weighted by atomic mass is 10.3. The molecule has 2 heterocycles. The van der Waals surface area contributed by atoms with Crippen molar-refractivity contribution in [2.24, 2.45) is 0 Å². The lowest BCUT2D eigenvalue weighted by Crippen LogP contribution is -2.40. The van der Waals surface area contributed by atoms with Crippen LogP contribution in [0.4, 0.5) is 18.9 Å². The summed E-state index contributed by atoms with van der Waals surface area (Å²) in [7, 11) is -3.86. The topological polar surface area (TPSA) is 88.6 Å². The third kappa shape index (κ3) is 6.10. The Kier molecular flexibility index (Phi) is 7.47. The van der Waals surface area contributed by atoms with Crippen molar-refractivity contribution < 1.29 is 31.1 Å². The highest BCUT2D eigenvalue weighted by molar-refractivity contribution is 7.99. The number of alkyl halides is 3. The Hall–Kier alpha value is -1.86. The third-order valence-corrected chi connectivity index (χ3v) is 7.54.